The van der Waals surface area contributed by atoms with Crippen LogP contribution in [0.25, 0.3) is 0 Å². The number of hydrazine groups is 3. The Labute approximate surface area is 30.6 Å². The maximum absolute atomic E-state index is 4.72. The zero-order chi connectivity index (χ0) is 4.12. The Hall–Kier alpha value is -0.160. The van der Waals surface area contributed by atoms with E-state index in [4.69, 9.17) is 5.84 Å². The van der Waals surface area contributed by atoms with Crippen LogP contribution in [0.15, 0.2) is 0 Å². The Morgan fingerprint density at radius 2 is 2.20 bits per heavy atom. The highest BCUT2D eigenvalue weighted by Crippen LogP contribution is 1.07. The van der Waals surface area contributed by atoms with Gasteiger partial charge in [-0.05, 0) is 7.05 Å². The molecule has 0 aliphatic carbocycles. The summed E-state index contributed by atoms with van der Waals surface area (Å²) in [6.45, 7) is 0. The average Bonchev–Trinajstić information content (AvgIpc) is 1.41. The quantitative estimate of drug-likeness (QED) is 0.229. The van der Waals surface area contributed by atoms with Crippen molar-refractivity contribution in [2.45, 2.75) is 0 Å². The largest absolute Gasteiger partial charge is 0.257 e. The molecule has 0 amide bonds. The second-order valence-electron chi connectivity index (χ2n) is 0.519. The lowest BCUT2D eigenvalue weighted by molar-refractivity contribution is 0.485. The van der Waals surface area contributed by atoms with Crippen LogP contribution in [-0.4, -0.2) is 7.05 Å². The van der Waals surface area contributed by atoms with Crippen LogP contribution < -0.4 is 22.3 Å². The smallest absolute Gasteiger partial charge is 0.000112 e. The van der Waals surface area contributed by atoms with E-state index in [0.29, 0.717) is 0 Å². The van der Waals surface area contributed by atoms with Crippen LogP contribution >= 0.6 is 0 Å². The summed E-state index contributed by atoms with van der Waals surface area (Å²) in [7, 11) is 1.71. The third-order valence-corrected chi connectivity index (χ3v) is 0.197. The topological polar surface area (TPSA) is 62.1 Å². The van der Waals surface area contributed by atoms with Crippen molar-refractivity contribution in [2.75, 3.05) is 7.05 Å². The summed E-state index contributed by atoms with van der Waals surface area (Å²) < 4.78 is 0. The van der Waals surface area contributed by atoms with Crippen LogP contribution in [0.3, 0.4) is 0 Å². The first-order valence-corrected chi connectivity index (χ1v) is 1.29. The second kappa shape index (κ2) is 3.84. The summed E-state index contributed by atoms with van der Waals surface area (Å²) in [5, 5.41) is 0. The fourth-order valence-electron chi connectivity index (χ4n) is 0.0722. The fraction of sp³-hybridized carbons (Fsp3) is 1.00. The Balaban J connectivity index is 2.19. The third kappa shape index (κ3) is 3.84. The molecule has 0 saturated carbocycles. The van der Waals surface area contributed by atoms with E-state index in [9.17, 15) is 0 Å². The minimum atomic E-state index is 1.71. The molecule has 0 aromatic carbocycles. The Morgan fingerprint density at radius 1 is 1.60 bits per heavy atom. The van der Waals surface area contributed by atoms with E-state index in [-0.39, 0.29) is 0 Å². The Kier molecular flexibility index (Phi) is 3.72. The first kappa shape index (κ1) is 4.84. The van der Waals surface area contributed by atoms with E-state index in [1.54, 1.807) is 7.05 Å². The van der Waals surface area contributed by atoms with Crippen LogP contribution in [0.5, 0.6) is 0 Å². The van der Waals surface area contributed by atoms with E-state index < -0.39 is 0 Å². The first-order chi connectivity index (χ1) is 2.41. The molecule has 5 heavy (non-hydrogen) atoms. The van der Waals surface area contributed by atoms with Crippen molar-refractivity contribution >= 4 is 0 Å². The summed E-state index contributed by atoms with van der Waals surface area (Å²) in [4.78, 5) is 0. The summed E-state index contributed by atoms with van der Waals surface area (Å²) >= 11 is 0. The van der Waals surface area contributed by atoms with Crippen molar-refractivity contribution in [1.29, 1.82) is 0 Å². The van der Waals surface area contributed by atoms with E-state index in [1.807, 2.05) is 0 Å². The lowest BCUT2D eigenvalue weighted by Gasteiger charge is -1.92. The van der Waals surface area contributed by atoms with Gasteiger partial charge in [0.2, 0.25) is 0 Å². The molecule has 0 rings (SSSR count). The first-order valence-electron chi connectivity index (χ1n) is 1.29. The van der Waals surface area contributed by atoms with Gasteiger partial charge in [0.1, 0.15) is 0 Å². The van der Waals surface area contributed by atoms with E-state index >= 15 is 0 Å². The molecule has 0 saturated heterocycles. The average molecular weight is 76.1 g/mol. The molecule has 0 aliphatic rings. The van der Waals surface area contributed by atoms with Crippen molar-refractivity contribution in [2.24, 2.45) is 5.84 Å². The van der Waals surface area contributed by atoms with Crippen molar-refractivity contribution in [1.82, 2.24) is 16.5 Å². The molecule has 4 heteroatoms. The van der Waals surface area contributed by atoms with Crippen molar-refractivity contribution in [3.05, 3.63) is 0 Å². The summed E-state index contributed by atoms with van der Waals surface area (Å²) in [6.07, 6.45) is 0. The Bertz CT molecular complexity index is 11.1. The van der Waals surface area contributed by atoms with Crippen molar-refractivity contribution in [3.63, 3.8) is 0 Å². The molecular formula is CH8N4. The van der Waals surface area contributed by atoms with Gasteiger partial charge in [-0.1, -0.05) is 0 Å². The summed E-state index contributed by atoms with van der Waals surface area (Å²) in [5.74, 6) is 4.72. The molecule has 0 fully saturated rings. The van der Waals surface area contributed by atoms with E-state index in [1.165, 1.54) is 0 Å². The predicted octanol–water partition coefficient (Wildman–Crippen LogP) is -1.91. The molecule has 0 aliphatic heterocycles. The van der Waals surface area contributed by atoms with Crippen LogP contribution in [0.2, 0.25) is 0 Å². The molecule has 0 spiro atoms. The minimum absolute atomic E-state index is 1.71. The molecule has 0 bridgehead atoms. The Morgan fingerprint density at radius 3 is 2.20 bits per heavy atom. The fourth-order valence-corrected chi connectivity index (χ4v) is 0.0722. The molecule has 32 valence electrons. The number of rotatable bonds is 2. The van der Waals surface area contributed by atoms with Gasteiger partial charge >= 0.3 is 0 Å². The number of nitrogens with one attached hydrogen (secondary N) is 3. The van der Waals surface area contributed by atoms with Crippen LogP contribution in [0.4, 0.5) is 0 Å². The van der Waals surface area contributed by atoms with Gasteiger partial charge < -0.3 is 0 Å². The van der Waals surface area contributed by atoms with Crippen molar-refractivity contribution < 1.29 is 0 Å². The normalized spacial score (nSPS) is 8.40. The third-order valence-electron chi connectivity index (χ3n) is 0.197. The van der Waals surface area contributed by atoms with Gasteiger partial charge in [-0.25, -0.2) is 5.43 Å². The predicted molar refractivity (Wildman–Crippen MR) is 19.5 cm³/mol. The molecule has 0 atom stereocenters. The zero-order valence-electron chi connectivity index (χ0n) is 3.08. The van der Waals surface area contributed by atoms with Gasteiger partial charge in [-0.2, -0.15) is 11.1 Å². The molecule has 0 aromatic heterocycles. The second-order valence-corrected chi connectivity index (χ2v) is 0.519. The molecule has 0 unspecified atom stereocenters. The minimum Gasteiger partial charge on any atom is -0.257 e. The number of hydrogen-bond donors (Lipinski definition) is 4. The van der Waals surface area contributed by atoms with Crippen LogP contribution in [-0.2, 0) is 0 Å². The lowest BCUT2D eigenvalue weighted by atomic mass is 11.5. The van der Waals surface area contributed by atoms with Crippen LogP contribution in [0.1, 0.15) is 0 Å². The summed E-state index contributed by atoms with van der Waals surface area (Å²) in [5.41, 5.74) is 7.08. The van der Waals surface area contributed by atoms with Crippen LogP contribution in [0, 0.1) is 0 Å². The highest BCUT2D eigenvalue weighted by Gasteiger charge is 1.55. The molecular weight excluding hydrogens is 68.0 g/mol. The van der Waals surface area contributed by atoms with E-state index in [0.717, 1.165) is 0 Å². The molecule has 5 N–H and O–H groups in total. The SMILES string of the molecule is CNNNN. The standard InChI is InChI=1S/CH8N4/c1-3-5-4-2/h3-5H,2H2,1H3. The van der Waals surface area contributed by atoms with Gasteiger partial charge in [-0.3, -0.25) is 5.84 Å². The van der Waals surface area contributed by atoms with Crippen molar-refractivity contribution in [3.8, 4) is 0 Å². The van der Waals surface area contributed by atoms with Gasteiger partial charge in [0.15, 0.2) is 0 Å². The molecule has 0 aromatic rings. The number of hydrogen-bond acceptors (Lipinski definition) is 4. The molecule has 4 nitrogen and oxygen atoms in total. The van der Waals surface area contributed by atoms with Gasteiger partial charge in [0.25, 0.3) is 0 Å². The summed E-state index contributed by atoms with van der Waals surface area (Å²) in [6, 6.07) is 0. The molecule has 0 heterocycles. The monoisotopic (exact) mass is 76.1 g/mol. The van der Waals surface area contributed by atoms with Gasteiger partial charge in [0, 0.05) is 0 Å². The number of nitrogens with two attached hydrogens (primary N) is 1. The maximum atomic E-state index is 4.72. The highest BCUT2D eigenvalue weighted by molar-refractivity contribution is 3.99. The van der Waals surface area contributed by atoms with E-state index in [2.05, 4.69) is 16.5 Å². The van der Waals surface area contributed by atoms with Gasteiger partial charge in [-0.15, -0.1) is 0 Å². The van der Waals surface area contributed by atoms with Gasteiger partial charge in [0.05, 0.1) is 0 Å². The lowest BCUT2D eigenvalue weighted by Crippen LogP contribution is -2.45. The highest BCUT2D eigenvalue weighted by atomic mass is 15.7. The maximum Gasteiger partial charge on any atom is -0.000112 e. The zero-order valence-corrected chi connectivity index (χ0v) is 3.08. The molecule has 0 radical (unpaired) electrons.